The van der Waals surface area contributed by atoms with Gasteiger partial charge in [0.25, 0.3) is 0 Å². The Hall–Kier alpha value is -2.69. The Morgan fingerprint density at radius 3 is 2.61 bits per heavy atom. The normalized spacial score (nSPS) is 26.3. The van der Waals surface area contributed by atoms with Crippen LogP contribution in [0, 0.1) is 11.2 Å². The molecule has 5 rings (SSSR count). The van der Waals surface area contributed by atoms with Crippen LogP contribution in [-0.2, 0) is 4.79 Å². The number of fused-ring (bicyclic) bond motifs is 1. The van der Waals surface area contributed by atoms with Crippen LogP contribution in [0.25, 0.3) is 11.2 Å². The number of aromatic nitrogens is 4. The van der Waals surface area contributed by atoms with Crippen LogP contribution in [0.3, 0.4) is 0 Å². The number of aliphatic hydroxyl groups excluding tert-OH is 1. The van der Waals surface area contributed by atoms with Crippen molar-refractivity contribution >= 4 is 57.9 Å². The summed E-state index contributed by atoms with van der Waals surface area (Å²) in [5.41, 5.74) is 6.25. The molecule has 12 heteroatoms. The van der Waals surface area contributed by atoms with Crippen molar-refractivity contribution in [2.75, 3.05) is 10.6 Å². The Bertz CT molecular complexity index is 1290. The van der Waals surface area contributed by atoms with Gasteiger partial charge in [-0.3, -0.25) is 9.36 Å². The fourth-order valence-electron chi connectivity index (χ4n) is 5.18. The molecule has 0 spiro atoms. The Balaban J connectivity index is 1.53. The van der Waals surface area contributed by atoms with Gasteiger partial charge in [0.1, 0.15) is 11.3 Å². The number of hydrogen-bond donors (Lipinski definition) is 4. The molecule has 0 unspecified atom stereocenters. The van der Waals surface area contributed by atoms with Gasteiger partial charge in [-0.25, -0.2) is 14.4 Å². The zero-order chi connectivity index (χ0) is 25.6. The summed E-state index contributed by atoms with van der Waals surface area (Å²) in [6, 6.07) is 2.66. The first-order valence-corrected chi connectivity index (χ1v) is 12.8. The van der Waals surface area contributed by atoms with E-state index in [-0.39, 0.29) is 39.8 Å². The Morgan fingerprint density at radius 1 is 1.22 bits per heavy atom. The lowest BCUT2D eigenvalue weighted by atomic mass is 9.73. The second-order valence-electron chi connectivity index (χ2n) is 10.0. The Labute approximate surface area is 217 Å². The number of carbonyl (C=O) groups excluding carboxylic acids is 1. The molecule has 2 aliphatic rings. The molecule has 0 saturated heterocycles. The summed E-state index contributed by atoms with van der Waals surface area (Å²) in [5.74, 6) is -0.118. The predicted molar refractivity (Wildman–Crippen MR) is 137 cm³/mol. The molecule has 0 radical (unpaired) electrons. The first kappa shape index (κ1) is 25.0. The molecule has 3 aromatic rings. The average molecular weight is 536 g/mol. The molecule has 1 aromatic carbocycles. The molecule has 0 bridgehead atoms. The van der Waals surface area contributed by atoms with Crippen molar-refractivity contribution < 1.29 is 14.3 Å². The number of nitrogens with two attached hydrogens (primary N) is 1. The van der Waals surface area contributed by atoms with Crippen LogP contribution in [0.4, 0.5) is 22.0 Å². The van der Waals surface area contributed by atoms with E-state index < -0.39 is 11.2 Å². The van der Waals surface area contributed by atoms with Crippen molar-refractivity contribution in [2.24, 2.45) is 11.1 Å². The molecule has 2 heterocycles. The second-order valence-corrected chi connectivity index (χ2v) is 10.9. The van der Waals surface area contributed by atoms with Gasteiger partial charge < -0.3 is 21.5 Å². The number of nitrogens with one attached hydrogen (secondary N) is 2. The number of rotatable bonds is 6. The van der Waals surface area contributed by atoms with Crippen LogP contribution in [-0.4, -0.2) is 42.7 Å². The van der Waals surface area contributed by atoms with Gasteiger partial charge in [-0.1, -0.05) is 30.1 Å². The van der Waals surface area contributed by atoms with Crippen molar-refractivity contribution in [2.45, 2.75) is 70.1 Å². The summed E-state index contributed by atoms with van der Waals surface area (Å²) < 4.78 is 16.7. The summed E-state index contributed by atoms with van der Waals surface area (Å²) in [6.45, 7) is 1.89. The number of carbonyl (C=O) groups is 1. The Kier molecular flexibility index (Phi) is 6.69. The molecule has 0 aliphatic heterocycles. The van der Waals surface area contributed by atoms with Gasteiger partial charge in [0, 0.05) is 22.5 Å². The largest absolute Gasteiger partial charge is 0.393 e. The number of hydrogen-bond acceptors (Lipinski definition) is 7. The van der Waals surface area contributed by atoms with E-state index in [2.05, 4.69) is 20.6 Å². The molecule has 2 atom stereocenters. The summed E-state index contributed by atoms with van der Waals surface area (Å²) in [7, 11) is 0. The highest BCUT2D eigenvalue weighted by molar-refractivity contribution is 6.36. The highest BCUT2D eigenvalue weighted by Gasteiger charge is 2.38. The van der Waals surface area contributed by atoms with E-state index in [0.717, 1.165) is 12.8 Å². The summed E-state index contributed by atoms with van der Waals surface area (Å²) in [6.07, 6.45) is 6.04. The number of aliphatic hydroxyl groups is 1. The number of imidazole rings is 1. The summed E-state index contributed by atoms with van der Waals surface area (Å²) >= 11 is 12.2. The van der Waals surface area contributed by atoms with Crippen molar-refractivity contribution in [3.05, 3.63) is 34.2 Å². The zero-order valence-electron chi connectivity index (χ0n) is 19.8. The average Bonchev–Trinajstić information content (AvgIpc) is 3.39. The summed E-state index contributed by atoms with van der Waals surface area (Å²) in [5, 5.41) is 16.5. The molecule has 2 aromatic heterocycles. The van der Waals surface area contributed by atoms with Crippen molar-refractivity contribution in [1.82, 2.24) is 19.5 Å². The van der Waals surface area contributed by atoms with Gasteiger partial charge in [0.05, 0.1) is 23.0 Å². The van der Waals surface area contributed by atoms with Gasteiger partial charge in [-0.15, -0.1) is 0 Å². The SMILES string of the molecule is CC1(C(N)=O)CCC(n2c(Nc3c(F)cc(Cl)cc3Cl)nc3cnc(N[C@H]4CC[C@H](O)C4)nc32)CC1. The minimum absolute atomic E-state index is 0.0571. The van der Waals surface area contributed by atoms with Gasteiger partial charge in [0.15, 0.2) is 5.65 Å². The zero-order valence-corrected chi connectivity index (χ0v) is 21.3. The maximum absolute atomic E-state index is 14.8. The molecule has 5 N–H and O–H groups in total. The molecule has 1 amide bonds. The number of benzene rings is 1. The fourth-order valence-corrected chi connectivity index (χ4v) is 5.70. The van der Waals surface area contributed by atoms with Crippen LogP contribution < -0.4 is 16.4 Å². The van der Waals surface area contributed by atoms with Gasteiger partial charge in [-0.2, -0.15) is 4.98 Å². The number of anilines is 3. The predicted octanol–water partition coefficient (Wildman–Crippen LogP) is 4.95. The van der Waals surface area contributed by atoms with E-state index in [1.54, 1.807) is 6.20 Å². The lowest BCUT2D eigenvalue weighted by molar-refractivity contribution is -0.128. The van der Waals surface area contributed by atoms with Crippen LogP contribution >= 0.6 is 23.2 Å². The van der Waals surface area contributed by atoms with Crippen LogP contribution in [0.15, 0.2) is 18.3 Å². The Morgan fingerprint density at radius 2 is 1.97 bits per heavy atom. The monoisotopic (exact) mass is 535 g/mol. The van der Waals surface area contributed by atoms with Gasteiger partial charge in [0.2, 0.25) is 17.8 Å². The minimum Gasteiger partial charge on any atom is -0.393 e. The molecular formula is C24H28Cl2FN7O2. The molecular weight excluding hydrogens is 508 g/mol. The molecule has 2 aliphatic carbocycles. The van der Waals surface area contributed by atoms with Crippen molar-refractivity contribution in [1.29, 1.82) is 0 Å². The van der Waals surface area contributed by atoms with Gasteiger partial charge >= 0.3 is 0 Å². The first-order valence-electron chi connectivity index (χ1n) is 12.0. The van der Waals surface area contributed by atoms with E-state index in [1.165, 1.54) is 12.1 Å². The first-order chi connectivity index (χ1) is 17.1. The number of nitrogens with zero attached hydrogens (tertiary/aromatic N) is 4. The maximum Gasteiger partial charge on any atom is 0.224 e. The third kappa shape index (κ3) is 4.81. The molecule has 192 valence electrons. The van der Waals surface area contributed by atoms with Crippen LogP contribution in [0.1, 0.15) is 57.9 Å². The van der Waals surface area contributed by atoms with Crippen molar-refractivity contribution in [3.63, 3.8) is 0 Å². The van der Waals surface area contributed by atoms with Crippen molar-refractivity contribution in [3.8, 4) is 0 Å². The molecule has 2 saturated carbocycles. The summed E-state index contributed by atoms with van der Waals surface area (Å²) in [4.78, 5) is 25.8. The van der Waals surface area contributed by atoms with E-state index in [9.17, 15) is 14.3 Å². The number of amides is 1. The third-order valence-electron chi connectivity index (χ3n) is 7.43. The standard InChI is InChI=1S/C24H28Cl2FN7O2/c1-24(21(28)36)6-4-14(5-7-24)34-20-18(11-29-22(33-20)30-13-2-3-15(35)10-13)31-23(34)32-19-16(26)8-12(25)9-17(19)27/h8-9,11,13-15,35H,2-7,10H2,1H3,(H2,28,36)(H,31,32)(H,29,30,33)/t13-,14?,15-,24?/m0/s1. The highest BCUT2D eigenvalue weighted by atomic mass is 35.5. The van der Waals surface area contributed by atoms with Crippen LogP contribution in [0.5, 0.6) is 0 Å². The quantitative estimate of drug-likeness (QED) is 0.351. The lowest BCUT2D eigenvalue weighted by Gasteiger charge is -2.35. The number of primary amides is 1. The van der Waals surface area contributed by atoms with E-state index in [1.807, 2.05) is 11.5 Å². The van der Waals surface area contributed by atoms with E-state index >= 15 is 0 Å². The van der Waals surface area contributed by atoms with Gasteiger partial charge in [-0.05, 0) is 57.1 Å². The lowest BCUT2D eigenvalue weighted by Crippen LogP contribution is -2.38. The number of halogens is 3. The fraction of sp³-hybridized carbons (Fsp3) is 0.500. The molecule has 9 nitrogen and oxygen atoms in total. The highest BCUT2D eigenvalue weighted by Crippen LogP contribution is 2.43. The minimum atomic E-state index is -0.607. The van der Waals surface area contributed by atoms with Crippen LogP contribution in [0.2, 0.25) is 10.0 Å². The smallest absolute Gasteiger partial charge is 0.224 e. The van der Waals surface area contributed by atoms with E-state index in [0.29, 0.717) is 55.2 Å². The van der Waals surface area contributed by atoms with E-state index in [4.69, 9.17) is 33.9 Å². The third-order valence-corrected chi connectivity index (χ3v) is 7.95. The second kappa shape index (κ2) is 9.64. The molecule has 2 fully saturated rings. The topological polar surface area (TPSA) is 131 Å². The maximum atomic E-state index is 14.8. The molecule has 36 heavy (non-hydrogen) atoms.